The normalized spacial score (nSPS) is 29.6. The van der Waals surface area contributed by atoms with Crippen LogP contribution in [0.4, 0.5) is 4.39 Å². The van der Waals surface area contributed by atoms with Crippen LogP contribution in [0.3, 0.4) is 0 Å². The minimum absolute atomic E-state index is 0.0361. The standard InChI is InChI=1S/C15H19FN2O/c16-11-4-1-3-10(7-11)13-8-14(13)15(19)18-6-2-5-12(18)9-17/h1,3-4,7,12-14H,2,5-6,8-9,17H2/t12-,13+,14-/m0/s1. The second kappa shape index (κ2) is 4.93. The van der Waals surface area contributed by atoms with E-state index in [9.17, 15) is 9.18 Å². The van der Waals surface area contributed by atoms with Crippen molar-refractivity contribution >= 4 is 5.91 Å². The zero-order valence-corrected chi connectivity index (χ0v) is 10.9. The fraction of sp³-hybridized carbons (Fsp3) is 0.533. The Hall–Kier alpha value is -1.42. The summed E-state index contributed by atoms with van der Waals surface area (Å²) in [5, 5.41) is 0. The van der Waals surface area contributed by atoms with Crippen LogP contribution >= 0.6 is 0 Å². The Morgan fingerprint density at radius 2 is 2.32 bits per heavy atom. The van der Waals surface area contributed by atoms with Crippen molar-refractivity contribution in [2.45, 2.75) is 31.2 Å². The van der Waals surface area contributed by atoms with Crippen LogP contribution in [0.1, 0.15) is 30.7 Å². The number of nitrogens with two attached hydrogens (primary N) is 1. The zero-order valence-electron chi connectivity index (χ0n) is 10.9. The molecule has 2 fully saturated rings. The van der Waals surface area contributed by atoms with Crippen LogP contribution in [0.5, 0.6) is 0 Å². The summed E-state index contributed by atoms with van der Waals surface area (Å²) in [5.74, 6) is 0.218. The highest BCUT2D eigenvalue weighted by Gasteiger charge is 2.47. The number of halogens is 1. The first kappa shape index (κ1) is 12.6. The lowest BCUT2D eigenvalue weighted by Gasteiger charge is -2.23. The maximum absolute atomic E-state index is 13.2. The monoisotopic (exact) mass is 262 g/mol. The van der Waals surface area contributed by atoms with Gasteiger partial charge in [-0.25, -0.2) is 4.39 Å². The Kier molecular flexibility index (Phi) is 3.27. The molecule has 2 aliphatic rings. The molecule has 0 radical (unpaired) electrons. The van der Waals surface area contributed by atoms with E-state index in [1.54, 1.807) is 12.1 Å². The van der Waals surface area contributed by atoms with Crippen molar-refractivity contribution in [3.05, 3.63) is 35.6 Å². The molecule has 0 unspecified atom stereocenters. The van der Waals surface area contributed by atoms with Crippen molar-refractivity contribution in [1.82, 2.24) is 4.90 Å². The lowest BCUT2D eigenvalue weighted by Crippen LogP contribution is -2.40. The van der Waals surface area contributed by atoms with E-state index in [-0.39, 0.29) is 29.6 Å². The molecule has 3 rings (SSSR count). The van der Waals surface area contributed by atoms with Crippen LogP contribution in [-0.2, 0) is 4.79 Å². The van der Waals surface area contributed by atoms with Crippen molar-refractivity contribution in [2.75, 3.05) is 13.1 Å². The summed E-state index contributed by atoms with van der Waals surface area (Å²) >= 11 is 0. The number of hydrogen-bond donors (Lipinski definition) is 1. The second-order valence-electron chi connectivity index (χ2n) is 5.57. The van der Waals surface area contributed by atoms with Crippen molar-refractivity contribution in [1.29, 1.82) is 0 Å². The average molecular weight is 262 g/mol. The predicted molar refractivity (Wildman–Crippen MR) is 71.0 cm³/mol. The van der Waals surface area contributed by atoms with E-state index in [0.717, 1.165) is 31.4 Å². The third-order valence-electron chi connectivity index (χ3n) is 4.32. The van der Waals surface area contributed by atoms with Crippen molar-refractivity contribution in [3.8, 4) is 0 Å². The first-order valence-corrected chi connectivity index (χ1v) is 6.96. The lowest BCUT2D eigenvalue weighted by molar-refractivity contribution is -0.133. The van der Waals surface area contributed by atoms with Gasteiger partial charge in [0.25, 0.3) is 0 Å². The highest BCUT2D eigenvalue weighted by molar-refractivity contribution is 5.83. The third kappa shape index (κ3) is 2.37. The minimum atomic E-state index is -0.225. The molecular formula is C15H19FN2O. The molecule has 102 valence electrons. The Labute approximate surface area is 112 Å². The maximum atomic E-state index is 13.2. The van der Waals surface area contributed by atoms with Gasteiger partial charge >= 0.3 is 0 Å². The van der Waals surface area contributed by atoms with Gasteiger partial charge in [-0.15, -0.1) is 0 Å². The van der Waals surface area contributed by atoms with Gasteiger partial charge in [-0.1, -0.05) is 12.1 Å². The number of likely N-dealkylation sites (tertiary alicyclic amines) is 1. The van der Waals surface area contributed by atoms with Crippen LogP contribution in [0.2, 0.25) is 0 Å². The van der Waals surface area contributed by atoms with E-state index >= 15 is 0 Å². The van der Waals surface area contributed by atoms with E-state index in [0.29, 0.717) is 6.54 Å². The van der Waals surface area contributed by atoms with Crippen LogP contribution in [0.15, 0.2) is 24.3 Å². The molecule has 1 aromatic carbocycles. The van der Waals surface area contributed by atoms with E-state index < -0.39 is 0 Å². The Balaban J connectivity index is 1.68. The average Bonchev–Trinajstić information content (AvgIpc) is 3.07. The van der Waals surface area contributed by atoms with Crippen molar-refractivity contribution < 1.29 is 9.18 Å². The molecule has 1 aliphatic carbocycles. The molecule has 1 aromatic rings. The maximum Gasteiger partial charge on any atom is 0.226 e. The van der Waals surface area contributed by atoms with Gasteiger partial charge in [-0.2, -0.15) is 0 Å². The number of carbonyl (C=O) groups is 1. The molecule has 19 heavy (non-hydrogen) atoms. The summed E-state index contributed by atoms with van der Waals surface area (Å²) in [4.78, 5) is 14.4. The summed E-state index contributed by atoms with van der Waals surface area (Å²) in [7, 11) is 0. The summed E-state index contributed by atoms with van der Waals surface area (Å²) in [6.45, 7) is 1.37. The van der Waals surface area contributed by atoms with Gasteiger partial charge in [0, 0.05) is 25.0 Å². The van der Waals surface area contributed by atoms with Gasteiger partial charge in [0.05, 0.1) is 0 Å². The van der Waals surface area contributed by atoms with E-state index in [2.05, 4.69) is 0 Å². The van der Waals surface area contributed by atoms with Crippen molar-refractivity contribution in [2.24, 2.45) is 11.7 Å². The second-order valence-corrected chi connectivity index (χ2v) is 5.57. The quantitative estimate of drug-likeness (QED) is 0.904. The highest BCUT2D eigenvalue weighted by Crippen LogP contribution is 2.49. The Morgan fingerprint density at radius 3 is 3.05 bits per heavy atom. The van der Waals surface area contributed by atoms with Gasteiger partial charge in [0.15, 0.2) is 0 Å². The molecule has 4 heteroatoms. The fourth-order valence-electron chi connectivity index (χ4n) is 3.16. The van der Waals surface area contributed by atoms with Crippen molar-refractivity contribution in [3.63, 3.8) is 0 Å². The van der Waals surface area contributed by atoms with E-state index in [4.69, 9.17) is 5.73 Å². The van der Waals surface area contributed by atoms with Gasteiger partial charge in [-0.05, 0) is 42.9 Å². The summed E-state index contributed by atoms with van der Waals surface area (Å²) in [6, 6.07) is 6.81. The fourth-order valence-corrected chi connectivity index (χ4v) is 3.16. The highest BCUT2D eigenvalue weighted by atomic mass is 19.1. The van der Waals surface area contributed by atoms with Crippen LogP contribution in [-0.4, -0.2) is 29.9 Å². The van der Waals surface area contributed by atoms with E-state index in [1.807, 2.05) is 11.0 Å². The minimum Gasteiger partial charge on any atom is -0.338 e. The predicted octanol–water partition coefficient (Wildman–Crippen LogP) is 1.88. The Morgan fingerprint density at radius 1 is 1.47 bits per heavy atom. The van der Waals surface area contributed by atoms with Crippen LogP contribution < -0.4 is 5.73 Å². The molecule has 0 spiro atoms. The first-order chi connectivity index (χ1) is 9.20. The lowest BCUT2D eigenvalue weighted by atomic mass is 10.1. The van der Waals surface area contributed by atoms with Gasteiger partial charge < -0.3 is 10.6 Å². The van der Waals surface area contributed by atoms with E-state index in [1.165, 1.54) is 6.07 Å². The molecular weight excluding hydrogens is 243 g/mol. The topological polar surface area (TPSA) is 46.3 Å². The SMILES string of the molecule is NC[C@@H]1CCCN1C(=O)[C@H]1C[C@@H]1c1cccc(F)c1. The largest absolute Gasteiger partial charge is 0.338 e. The molecule has 1 saturated heterocycles. The molecule has 1 amide bonds. The van der Waals surface area contributed by atoms with Crippen LogP contribution in [0, 0.1) is 11.7 Å². The summed E-state index contributed by atoms with van der Waals surface area (Å²) < 4.78 is 13.2. The van der Waals surface area contributed by atoms with Crippen LogP contribution in [0.25, 0.3) is 0 Å². The molecule has 1 aliphatic heterocycles. The smallest absolute Gasteiger partial charge is 0.226 e. The summed E-state index contributed by atoms with van der Waals surface area (Å²) in [6.07, 6.45) is 2.90. The number of rotatable bonds is 3. The Bertz CT molecular complexity index is 491. The molecule has 1 saturated carbocycles. The molecule has 1 heterocycles. The number of amides is 1. The zero-order chi connectivity index (χ0) is 13.4. The van der Waals surface area contributed by atoms with Gasteiger partial charge in [0.1, 0.15) is 5.82 Å². The molecule has 0 aromatic heterocycles. The molecule has 3 atom stereocenters. The number of benzene rings is 1. The van der Waals surface area contributed by atoms with Gasteiger partial charge in [0.2, 0.25) is 5.91 Å². The summed E-state index contributed by atoms with van der Waals surface area (Å²) in [5.41, 5.74) is 6.65. The number of carbonyl (C=O) groups excluding carboxylic acids is 1. The molecule has 2 N–H and O–H groups in total. The number of nitrogens with zero attached hydrogens (tertiary/aromatic N) is 1. The molecule has 3 nitrogen and oxygen atoms in total. The number of hydrogen-bond acceptors (Lipinski definition) is 2. The van der Waals surface area contributed by atoms with Gasteiger partial charge in [-0.3, -0.25) is 4.79 Å². The molecule has 0 bridgehead atoms. The first-order valence-electron chi connectivity index (χ1n) is 6.96. The third-order valence-corrected chi connectivity index (χ3v) is 4.32.